The first kappa shape index (κ1) is 20.8. The van der Waals surface area contributed by atoms with E-state index in [4.69, 9.17) is 0 Å². The van der Waals surface area contributed by atoms with Gasteiger partial charge in [0, 0.05) is 30.1 Å². The molecule has 7 nitrogen and oxygen atoms in total. The van der Waals surface area contributed by atoms with Crippen LogP contribution in [0.4, 0.5) is 24.5 Å². The zero-order valence-corrected chi connectivity index (χ0v) is 15.4. The minimum absolute atomic E-state index is 0.0162. The molecule has 0 aliphatic carbocycles. The molecule has 0 saturated carbocycles. The number of hydrogen-bond donors (Lipinski definition) is 2. The van der Waals surface area contributed by atoms with E-state index in [1.807, 2.05) is 0 Å². The minimum atomic E-state index is -4.64. The van der Waals surface area contributed by atoms with Crippen LogP contribution in [-0.4, -0.2) is 20.9 Å². The van der Waals surface area contributed by atoms with Crippen molar-refractivity contribution < 1.29 is 28.0 Å². The summed E-state index contributed by atoms with van der Waals surface area (Å²) in [4.78, 5) is 26.6. The number of halogens is 3. The van der Waals surface area contributed by atoms with E-state index in [1.54, 1.807) is 0 Å². The zero-order valence-electron chi connectivity index (χ0n) is 15.4. The van der Waals surface area contributed by atoms with Gasteiger partial charge < -0.3 is 10.4 Å². The first-order chi connectivity index (χ1) is 14.1. The quantitative estimate of drug-likeness (QED) is 0.462. The fraction of sp³-hybridized carbons (Fsp3) is 0.100. The van der Waals surface area contributed by atoms with Crippen molar-refractivity contribution >= 4 is 17.3 Å². The molecule has 0 unspecified atom stereocenters. The van der Waals surface area contributed by atoms with E-state index in [2.05, 4.69) is 10.3 Å². The van der Waals surface area contributed by atoms with Gasteiger partial charge in [-0.05, 0) is 36.2 Å². The average Bonchev–Trinajstić information content (AvgIpc) is 2.68. The molecule has 0 radical (unpaired) electrons. The number of aryl methyl sites for hydroxylation is 1. The average molecular weight is 417 g/mol. The van der Waals surface area contributed by atoms with Gasteiger partial charge in [0.2, 0.25) is 0 Å². The third-order valence-electron chi connectivity index (χ3n) is 4.34. The maximum atomic E-state index is 13.3. The van der Waals surface area contributed by atoms with Crippen LogP contribution in [0.25, 0.3) is 11.1 Å². The fourth-order valence-electron chi connectivity index (χ4n) is 2.85. The Bertz CT molecular complexity index is 1130. The van der Waals surface area contributed by atoms with Crippen molar-refractivity contribution in [2.45, 2.75) is 13.1 Å². The maximum absolute atomic E-state index is 13.3. The summed E-state index contributed by atoms with van der Waals surface area (Å²) in [5, 5.41) is 23.6. The SMILES string of the molecule is Cc1ccc(-c2cc([N+](=O)[O-])c(O)cc2NC(=O)c2cccnc2)cc1C(F)(F)F. The molecule has 3 rings (SSSR count). The Hall–Kier alpha value is -3.95. The molecule has 10 heteroatoms. The molecule has 0 saturated heterocycles. The van der Waals surface area contributed by atoms with Crippen LogP contribution >= 0.6 is 0 Å². The molecule has 0 fully saturated rings. The highest BCUT2D eigenvalue weighted by Crippen LogP contribution is 2.41. The fourth-order valence-corrected chi connectivity index (χ4v) is 2.85. The van der Waals surface area contributed by atoms with Gasteiger partial charge in [-0.3, -0.25) is 19.9 Å². The van der Waals surface area contributed by atoms with E-state index in [-0.39, 0.29) is 27.9 Å². The van der Waals surface area contributed by atoms with E-state index in [1.165, 1.54) is 43.6 Å². The number of nitro benzene ring substituents is 1. The molecule has 1 aromatic heterocycles. The van der Waals surface area contributed by atoms with E-state index in [0.717, 1.165) is 18.2 Å². The Morgan fingerprint density at radius 3 is 2.53 bits per heavy atom. The smallest absolute Gasteiger partial charge is 0.416 e. The number of amides is 1. The van der Waals surface area contributed by atoms with Crippen LogP contribution in [0.15, 0.2) is 54.9 Å². The summed E-state index contributed by atoms with van der Waals surface area (Å²) in [5.41, 5.74) is -1.66. The van der Waals surface area contributed by atoms with E-state index in [0.29, 0.717) is 0 Å². The Morgan fingerprint density at radius 2 is 1.93 bits per heavy atom. The Morgan fingerprint density at radius 1 is 1.20 bits per heavy atom. The van der Waals surface area contributed by atoms with Crippen LogP contribution in [0.2, 0.25) is 0 Å². The van der Waals surface area contributed by atoms with E-state index in [9.17, 15) is 33.2 Å². The van der Waals surface area contributed by atoms with Crippen LogP contribution in [0, 0.1) is 17.0 Å². The van der Waals surface area contributed by atoms with Crippen LogP contribution in [0.5, 0.6) is 5.75 Å². The highest BCUT2D eigenvalue weighted by molar-refractivity contribution is 6.06. The van der Waals surface area contributed by atoms with Gasteiger partial charge in [-0.2, -0.15) is 13.2 Å². The third kappa shape index (κ3) is 4.22. The van der Waals surface area contributed by atoms with Gasteiger partial charge >= 0.3 is 11.9 Å². The first-order valence-corrected chi connectivity index (χ1v) is 8.49. The molecule has 0 aliphatic rings. The number of carbonyl (C=O) groups is 1. The summed E-state index contributed by atoms with van der Waals surface area (Å²) < 4.78 is 40.0. The molecular weight excluding hydrogens is 403 g/mol. The number of aromatic nitrogens is 1. The molecule has 1 amide bonds. The Kier molecular flexibility index (Phi) is 5.41. The summed E-state index contributed by atoms with van der Waals surface area (Å²) in [6, 6.07) is 8.22. The monoisotopic (exact) mass is 417 g/mol. The zero-order chi connectivity index (χ0) is 22.1. The predicted molar refractivity (Wildman–Crippen MR) is 102 cm³/mol. The standard InChI is InChI=1S/C20H14F3N3O4/c1-11-4-5-12(7-15(11)20(21,22)23)14-8-17(26(29)30)18(27)9-16(14)25-19(28)13-3-2-6-24-10-13/h2-10,27H,1H3,(H,25,28). The minimum Gasteiger partial charge on any atom is -0.502 e. The van der Waals surface area contributed by atoms with Crippen molar-refractivity contribution in [3.63, 3.8) is 0 Å². The van der Waals surface area contributed by atoms with Gasteiger partial charge in [0.1, 0.15) is 0 Å². The number of nitrogens with one attached hydrogen (secondary N) is 1. The number of aromatic hydroxyl groups is 1. The number of alkyl halides is 3. The Balaban J connectivity index is 2.16. The van der Waals surface area contributed by atoms with Gasteiger partial charge in [0.05, 0.1) is 21.7 Å². The lowest BCUT2D eigenvalue weighted by molar-refractivity contribution is -0.385. The molecule has 30 heavy (non-hydrogen) atoms. The van der Waals surface area contributed by atoms with Gasteiger partial charge in [-0.15, -0.1) is 0 Å². The highest BCUT2D eigenvalue weighted by atomic mass is 19.4. The molecular formula is C20H14F3N3O4. The van der Waals surface area contributed by atoms with Crippen LogP contribution in [0.3, 0.4) is 0 Å². The largest absolute Gasteiger partial charge is 0.502 e. The topological polar surface area (TPSA) is 105 Å². The number of rotatable bonds is 4. The van der Waals surface area contributed by atoms with Crippen molar-refractivity contribution in [1.82, 2.24) is 4.98 Å². The second-order valence-corrected chi connectivity index (χ2v) is 6.37. The second kappa shape index (κ2) is 7.82. The molecule has 154 valence electrons. The molecule has 3 aromatic rings. The number of nitro groups is 1. The van der Waals surface area contributed by atoms with Crippen molar-refractivity contribution in [2.75, 3.05) is 5.32 Å². The number of anilines is 1. The normalized spacial score (nSPS) is 11.2. The lowest BCUT2D eigenvalue weighted by atomic mass is 9.97. The maximum Gasteiger partial charge on any atom is 0.416 e. The summed E-state index contributed by atoms with van der Waals surface area (Å²) in [5.74, 6) is -1.39. The number of phenols is 1. The summed E-state index contributed by atoms with van der Waals surface area (Å²) >= 11 is 0. The van der Waals surface area contributed by atoms with Gasteiger partial charge in [0.15, 0.2) is 5.75 Å². The number of hydrogen-bond acceptors (Lipinski definition) is 5. The number of phenolic OH excluding ortho intramolecular Hbond substituents is 1. The summed E-state index contributed by atoms with van der Waals surface area (Å²) in [6.07, 6.45) is -1.92. The van der Waals surface area contributed by atoms with Gasteiger partial charge in [0.25, 0.3) is 5.91 Å². The first-order valence-electron chi connectivity index (χ1n) is 8.49. The van der Waals surface area contributed by atoms with E-state index < -0.39 is 34.0 Å². The lowest BCUT2D eigenvalue weighted by Crippen LogP contribution is -2.13. The van der Waals surface area contributed by atoms with Crippen molar-refractivity contribution in [1.29, 1.82) is 0 Å². The molecule has 1 heterocycles. The summed E-state index contributed by atoms with van der Waals surface area (Å²) in [7, 11) is 0. The third-order valence-corrected chi connectivity index (χ3v) is 4.34. The number of nitrogens with zero attached hydrogens (tertiary/aromatic N) is 2. The van der Waals surface area contributed by atoms with Crippen LogP contribution < -0.4 is 5.32 Å². The van der Waals surface area contributed by atoms with Gasteiger partial charge in [-0.25, -0.2) is 0 Å². The Labute approximate surface area is 168 Å². The molecule has 0 spiro atoms. The van der Waals surface area contributed by atoms with Crippen LogP contribution in [-0.2, 0) is 6.18 Å². The number of carbonyl (C=O) groups excluding carboxylic acids is 1. The van der Waals surface area contributed by atoms with Crippen molar-refractivity contribution in [2.24, 2.45) is 0 Å². The van der Waals surface area contributed by atoms with Crippen molar-refractivity contribution in [3.8, 4) is 16.9 Å². The molecule has 0 bridgehead atoms. The lowest BCUT2D eigenvalue weighted by Gasteiger charge is -2.15. The highest BCUT2D eigenvalue weighted by Gasteiger charge is 2.33. The molecule has 0 atom stereocenters. The predicted octanol–water partition coefficient (Wildman–Crippen LogP) is 4.94. The summed E-state index contributed by atoms with van der Waals surface area (Å²) in [6.45, 7) is 1.29. The van der Waals surface area contributed by atoms with Gasteiger partial charge in [-0.1, -0.05) is 12.1 Å². The number of benzene rings is 2. The number of pyridine rings is 1. The van der Waals surface area contributed by atoms with E-state index >= 15 is 0 Å². The molecule has 2 aromatic carbocycles. The van der Waals surface area contributed by atoms with Crippen molar-refractivity contribution in [3.05, 3.63) is 81.7 Å². The van der Waals surface area contributed by atoms with Crippen LogP contribution in [0.1, 0.15) is 21.5 Å². The second-order valence-electron chi connectivity index (χ2n) is 6.37. The molecule has 0 aliphatic heterocycles. The molecule has 2 N–H and O–H groups in total.